The van der Waals surface area contributed by atoms with Crippen molar-refractivity contribution >= 4 is 43.6 Å². The Morgan fingerprint density at radius 2 is 1.11 bits per heavy atom. The van der Waals surface area contributed by atoms with Crippen molar-refractivity contribution in [1.29, 1.82) is 0 Å². The summed E-state index contributed by atoms with van der Waals surface area (Å²) in [6.07, 6.45) is 1.85. The smallest absolute Gasteiger partial charge is 0.0702 e. The molecule has 0 aliphatic carbocycles. The highest BCUT2D eigenvalue weighted by Crippen LogP contribution is 2.40. The van der Waals surface area contributed by atoms with Crippen LogP contribution in [0.4, 0.5) is 0 Å². The van der Waals surface area contributed by atoms with Gasteiger partial charge < -0.3 is 9.55 Å². The third-order valence-corrected chi connectivity index (χ3v) is 8.79. The van der Waals surface area contributed by atoms with Gasteiger partial charge in [0, 0.05) is 49.9 Å². The summed E-state index contributed by atoms with van der Waals surface area (Å²) in [6, 6.07) is 54.4. The summed E-state index contributed by atoms with van der Waals surface area (Å²) < 4.78 is 2.42. The van der Waals surface area contributed by atoms with Crippen LogP contribution < -0.4 is 0 Å². The first-order chi connectivity index (χ1) is 21.8. The molecular weight excluding hydrogens is 534 g/mol. The van der Waals surface area contributed by atoms with Crippen LogP contribution in [0.1, 0.15) is 0 Å². The van der Waals surface area contributed by atoms with Gasteiger partial charge in [-0.3, -0.25) is 4.98 Å². The van der Waals surface area contributed by atoms with Crippen LogP contribution in [0.2, 0.25) is 0 Å². The van der Waals surface area contributed by atoms with Crippen LogP contribution in [-0.4, -0.2) is 14.5 Å². The van der Waals surface area contributed by atoms with Gasteiger partial charge >= 0.3 is 0 Å². The zero-order valence-electron chi connectivity index (χ0n) is 23.9. The minimum absolute atomic E-state index is 0.968. The topological polar surface area (TPSA) is 33.6 Å². The fraction of sp³-hybridized carbons (Fsp3) is 0. The van der Waals surface area contributed by atoms with E-state index in [1.807, 2.05) is 18.3 Å². The van der Waals surface area contributed by atoms with Gasteiger partial charge in [0.15, 0.2) is 0 Å². The molecule has 0 atom stereocenters. The van der Waals surface area contributed by atoms with Gasteiger partial charge in [0.05, 0.1) is 22.4 Å². The second-order valence-electron chi connectivity index (χ2n) is 11.3. The van der Waals surface area contributed by atoms with Gasteiger partial charge in [-0.15, -0.1) is 0 Å². The van der Waals surface area contributed by atoms with Crippen molar-refractivity contribution in [2.75, 3.05) is 0 Å². The first kappa shape index (κ1) is 24.6. The molecule has 9 aromatic rings. The number of benzene rings is 6. The summed E-state index contributed by atoms with van der Waals surface area (Å²) in [7, 11) is 0. The molecule has 9 rings (SSSR count). The van der Waals surface area contributed by atoms with Crippen LogP contribution in [0.15, 0.2) is 158 Å². The van der Waals surface area contributed by atoms with Crippen LogP contribution in [0.5, 0.6) is 0 Å². The van der Waals surface area contributed by atoms with Crippen molar-refractivity contribution in [2.24, 2.45) is 0 Å². The average molecular weight is 562 g/mol. The Kier molecular flexibility index (Phi) is 5.50. The van der Waals surface area contributed by atoms with Gasteiger partial charge in [0.2, 0.25) is 0 Å². The summed E-state index contributed by atoms with van der Waals surface area (Å²) >= 11 is 0. The third kappa shape index (κ3) is 3.87. The first-order valence-corrected chi connectivity index (χ1v) is 15.0. The van der Waals surface area contributed by atoms with Gasteiger partial charge in [-0.1, -0.05) is 91.0 Å². The number of aromatic nitrogens is 3. The van der Waals surface area contributed by atoms with E-state index in [1.54, 1.807) is 0 Å². The molecule has 0 amide bonds. The number of nitrogens with zero attached hydrogens (tertiary/aromatic N) is 2. The maximum Gasteiger partial charge on any atom is 0.0702 e. The van der Waals surface area contributed by atoms with Crippen molar-refractivity contribution in [2.45, 2.75) is 0 Å². The molecule has 0 aliphatic rings. The zero-order valence-corrected chi connectivity index (χ0v) is 23.9. The second kappa shape index (κ2) is 9.82. The molecule has 3 nitrogen and oxygen atoms in total. The van der Waals surface area contributed by atoms with Crippen molar-refractivity contribution in [3.05, 3.63) is 158 Å². The monoisotopic (exact) mass is 561 g/mol. The predicted octanol–water partition coefficient (Wildman–Crippen LogP) is 10.8. The van der Waals surface area contributed by atoms with Gasteiger partial charge in [0.25, 0.3) is 0 Å². The molecule has 1 N–H and O–H groups in total. The molecule has 0 fully saturated rings. The minimum atomic E-state index is 0.968. The Hall–Kier alpha value is -5.93. The lowest BCUT2D eigenvalue weighted by Gasteiger charge is -2.16. The molecule has 3 heterocycles. The van der Waals surface area contributed by atoms with Crippen molar-refractivity contribution in [1.82, 2.24) is 14.5 Å². The Labute approximate surface area is 254 Å². The molecule has 0 radical (unpaired) electrons. The Balaban J connectivity index is 1.27. The number of para-hydroxylation sites is 2. The molecule has 6 aromatic carbocycles. The van der Waals surface area contributed by atoms with Gasteiger partial charge in [0.1, 0.15) is 0 Å². The van der Waals surface area contributed by atoms with Crippen molar-refractivity contribution < 1.29 is 0 Å². The number of hydrogen-bond acceptors (Lipinski definition) is 1. The van der Waals surface area contributed by atoms with E-state index in [9.17, 15) is 0 Å². The van der Waals surface area contributed by atoms with Gasteiger partial charge in [-0.2, -0.15) is 0 Å². The van der Waals surface area contributed by atoms with E-state index in [0.717, 1.165) is 22.5 Å². The molecule has 0 unspecified atom stereocenters. The maximum absolute atomic E-state index is 4.64. The fourth-order valence-electron chi connectivity index (χ4n) is 6.71. The summed E-state index contributed by atoms with van der Waals surface area (Å²) in [4.78, 5) is 8.20. The van der Waals surface area contributed by atoms with E-state index >= 15 is 0 Å². The zero-order chi connectivity index (χ0) is 29.0. The number of fused-ring (bicyclic) bond motifs is 6. The predicted molar refractivity (Wildman–Crippen MR) is 184 cm³/mol. The Morgan fingerprint density at radius 3 is 1.98 bits per heavy atom. The van der Waals surface area contributed by atoms with Crippen LogP contribution in [0.3, 0.4) is 0 Å². The lowest BCUT2D eigenvalue weighted by atomic mass is 9.99. The quantitative estimate of drug-likeness (QED) is 0.228. The van der Waals surface area contributed by atoms with Crippen LogP contribution in [-0.2, 0) is 0 Å². The van der Waals surface area contributed by atoms with E-state index < -0.39 is 0 Å². The van der Waals surface area contributed by atoms with Gasteiger partial charge in [-0.25, -0.2) is 0 Å². The van der Waals surface area contributed by atoms with Crippen molar-refractivity contribution in [3.8, 4) is 39.2 Å². The normalized spacial score (nSPS) is 11.6. The SMILES string of the molecule is c1ccc(-c2cc(-c3ccccn3)ccc2-n2c3ccccc3c3cc(-c4ccc5[nH]c6ccccc6c5c4)ccc32)cc1. The average Bonchev–Trinajstić information content (AvgIpc) is 3.64. The number of aromatic amines is 1. The number of rotatable bonds is 4. The molecule has 44 heavy (non-hydrogen) atoms. The van der Waals surface area contributed by atoms with E-state index in [1.165, 1.54) is 60.3 Å². The van der Waals surface area contributed by atoms with Gasteiger partial charge in [-0.05, 0) is 77.4 Å². The molecule has 0 spiro atoms. The minimum Gasteiger partial charge on any atom is -0.355 e. The molecule has 3 aromatic heterocycles. The molecular formula is C41H27N3. The second-order valence-corrected chi connectivity index (χ2v) is 11.3. The number of pyridine rings is 1. The third-order valence-electron chi connectivity index (χ3n) is 8.79. The van der Waals surface area contributed by atoms with E-state index in [-0.39, 0.29) is 0 Å². The van der Waals surface area contributed by atoms with Crippen molar-refractivity contribution in [3.63, 3.8) is 0 Å². The Bertz CT molecular complexity index is 2480. The number of H-pyrrole nitrogens is 1. The highest BCUT2D eigenvalue weighted by molar-refractivity contribution is 6.12. The summed E-state index contributed by atoms with van der Waals surface area (Å²) in [5.41, 5.74) is 12.7. The van der Waals surface area contributed by atoms with Crippen LogP contribution in [0, 0.1) is 0 Å². The molecule has 0 bridgehead atoms. The van der Waals surface area contributed by atoms with Crippen LogP contribution >= 0.6 is 0 Å². The summed E-state index contributed by atoms with van der Waals surface area (Å²) in [5, 5.41) is 4.99. The summed E-state index contributed by atoms with van der Waals surface area (Å²) in [6.45, 7) is 0. The fourth-order valence-corrected chi connectivity index (χ4v) is 6.71. The standard InChI is InChI=1S/C41H27N3/c1-2-10-27(11-3-1)33-26-30(36-14-8-9-23-42-36)19-22-40(33)44-39-16-7-5-13-32(39)35-25-29(18-21-41(35)44)28-17-20-38-34(24-28)31-12-4-6-15-37(31)43-38/h1-26,43H. The highest BCUT2D eigenvalue weighted by Gasteiger charge is 2.17. The number of hydrogen-bond donors (Lipinski definition) is 1. The number of nitrogens with one attached hydrogen (secondary N) is 1. The van der Waals surface area contributed by atoms with E-state index in [4.69, 9.17) is 0 Å². The molecule has 0 saturated heterocycles. The Morgan fingerprint density at radius 1 is 0.432 bits per heavy atom. The molecule has 206 valence electrons. The lowest BCUT2D eigenvalue weighted by Crippen LogP contribution is -1.98. The molecule has 0 aliphatic heterocycles. The largest absolute Gasteiger partial charge is 0.355 e. The highest BCUT2D eigenvalue weighted by atomic mass is 15.0. The molecule has 0 saturated carbocycles. The lowest BCUT2D eigenvalue weighted by molar-refractivity contribution is 1.18. The molecule has 3 heteroatoms. The van der Waals surface area contributed by atoms with Crippen LogP contribution in [0.25, 0.3) is 82.8 Å². The van der Waals surface area contributed by atoms with E-state index in [2.05, 4.69) is 154 Å². The first-order valence-electron chi connectivity index (χ1n) is 15.0. The maximum atomic E-state index is 4.64. The van der Waals surface area contributed by atoms with E-state index in [0.29, 0.717) is 0 Å². The summed E-state index contributed by atoms with van der Waals surface area (Å²) in [5.74, 6) is 0.